The molecule has 7 nitrogen and oxygen atoms in total. The number of halogens is 1. The van der Waals surface area contributed by atoms with Crippen molar-refractivity contribution in [2.75, 3.05) is 6.61 Å². The number of ether oxygens (including phenoxy) is 1. The molecule has 0 spiro atoms. The molecule has 1 amide bonds. The number of carbonyl (C=O) groups excluding carboxylic acids is 1. The third-order valence-corrected chi connectivity index (χ3v) is 24.5. The Hall–Kier alpha value is -0.159. The molecule has 236 valence electrons. The summed E-state index contributed by atoms with van der Waals surface area (Å²) >= 11 is 2.40. The van der Waals surface area contributed by atoms with E-state index in [1.165, 1.54) is 0 Å². The van der Waals surface area contributed by atoms with Crippen molar-refractivity contribution in [2.24, 2.45) is 0 Å². The monoisotopic (exact) mass is 736 g/mol. The number of hydrogen-bond acceptors (Lipinski definition) is 6. The summed E-state index contributed by atoms with van der Waals surface area (Å²) in [5, 5.41) is 3.18. The summed E-state index contributed by atoms with van der Waals surface area (Å²) in [5.41, 5.74) is 0.357. The number of aromatic nitrogens is 1. The number of nitrogens with one attached hydrogen (secondary N) is 1. The average molecular weight is 737 g/mol. The lowest BCUT2D eigenvalue weighted by atomic mass is 10.0. The minimum Gasteiger partial charge on any atom is -0.414 e. The van der Waals surface area contributed by atoms with Gasteiger partial charge in [0.05, 0.1) is 22.7 Å². The highest BCUT2D eigenvalue weighted by molar-refractivity contribution is 14.1. The van der Waals surface area contributed by atoms with Crippen molar-refractivity contribution in [3.63, 3.8) is 0 Å². The van der Waals surface area contributed by atoms with Crippen LogP contribution in [-0.4, -0.2) is 70.9 Å². The van der Waals surface area contributed by atoms with Crippen LogP contribution in [0.15, 0.2) is 24.4 Å². The largest absolute Gasteiger partial charge is 0.414 e. The summed E-state index contributed by atoms with van der Waals surface area (Å²) in [6.45, 7) is 34.2. The molecule has 1 aliphatic rings. The van der Waals surface area contributed by atoms with E-state index in [-0.39, 0.29) is 37.2 Å². The highest BCUT2D eigenvalue weighted by Gasteiger charge is 2.54. The molecule has 0 saturated carbocycles. The molecule has 1 aliphatic heterocycles. The Labute approximate surface area is 267 Å². The summed E-state index contributed by atoms with van der Waals surface area (Å²) in [6, 6.07) is 5.33. The third-order valence-electron chi connectivity index (χ3n) is 9.67. The second-order valence-electron chi connectivity index (χ2n) is 16.0. The Balaban J connectivity index is 2.58. The molecular weight excluding hydrogens is 680 g/mol. The molecule has 1 fully saturated rings. The molecule has 2 rings (SSSR count). The second-order valence-corrected chi connectivity index (χ2v) is 31.7. The van der Waals surface area contributed by atoms with Crippen LogP contribution in [0, 0.1) is 0 Å². The highest BCUT2D eigenvalue weighted by Crippen LogP contribution is 2.45. The van der Waals surface area contributed by atoms with Crippen molar-refractivity contribution in [1.82, 2.24) is 10.3 Å². The molecule has 0 bridgehead atoms. The van der Waals surface area contributed by atoms with Crippen LogP contribution in [0.1, 0.15) is 72.8 Å². The minimum absolute atomic E-state index is 0.00300. The predicted molar refractivity (Wildman–Crippen MR) is 185 cm³/mol. The van der Waals surface area contributed by atoms with Crippen molar-refractivity contribution < 1.29 is 22.8 Å². The standard InChI is InChI=1S/C30H57IN2O5Si3/c1-28(2,3)39(10,11)35-20-22-24(37-40(12,13)29(4,5)6)25(38-41(14,15)30(7,8)9)23(31)27(36-22)33-26(34)21-18-16-17-19-32-21/h16-19,22-25,27H,20H2,1-15H3,(H,33,34)/t22-,23+,24-,25-,27+/m1/s1. The summed E-state index contributed by atoms with van der Waals surface area (Å²) in [7, 11) is -6.56. The Morgan fingerprint density at radius 2 is 1.34 bits per heavy atom. The molecule has 0 radical (unpaired) electrons. The Morgan fingerprint density at radius 3 is 1.78 bits per heavy atom. The number of amides is 1. The SMILES string of the molecule is CC(C)(C)[Si](C)(C)OC[C@H]1O[C@H](NC(=O)c2ccccn2)[C@@H](I)[C@@H](O[Si](C)(C)C(C)(C)C)[C@@H]1O[Si](C)(C)C(C)(C)C. The molecule has 41 heavy (non-hydrogen) atoms. The van der Waals surface area contributed by atoms with Gasteiger partial charge < -0.3 is 23.3 Å². The molecule has 1 saturated heterocycles. The first kappa shape index (κ1) is 37.0. The van der Waals surface area contributed by atoms with E-state index in [4.69, 9.17) is 18.0 Å². The highest BCUT2D eigenvalue weighted by atomic mass is 127. The van der Waals surface area contributed by atoms with Gasteiger partial charge in [-0.15, -0.1) is 0 Å². The zero-order valence-corrected chi connectivity index (χ0v) is 33.4. The van der Waals surface area contributed by atoms with Crippen LogP contribution in [0.2, 0.25) is 54.4 Å². The zero-order chi connectivity index (χ0) is 31.8. The van der Waals surface area contributed by atoms with Gasteiger partial charge in [0.25, 0.3) is 5.91 Å². The molecular formula is C30H57IN2O5Si3. The van der Waals surface area contributed by atoms with Crippen LogP contribution >= 0.6 is 22.6 Å². The second kappa shape index (κ2) is 13.1. The molecule has 1 aromatic rings. The van der Waals surface area contributed by atoms with E-state index in [0.717, 1.165) is 0 Å². The molecule has 2 heterocycles. The molecule has 11 heteroatoms. The maximum atomic E-state index is 13.3. The van der Waals surface area contributed by atoms with Gasteiger partial charge >= 0.3 is 0 Å². The van der Waals surface area contributed by atoms with Gasteiger partial charge in [0, 0.05) is 6.20 Å². The first-order valence-electron chi connectivity index (χ1n) is 14.8. The summed E-state index contributed by atoms with van der Waals surface area (Å²) < 4.78 is 27.8. The van der Waals surface area contributed by atoms with Crippen LogP contribution in [0.3, 0.4) is 0 Å². The molecule has 1 N–H and O–H groups in total. The van der Waals surface area contributed by atoms with Gasteiger partial charge in [0.1, 0.15) is 18.0 Å². The van der Waals surface area contributed by atoms with Crippen LogP contribution in [0.25, 0.3) is 0 Å². The van der Waals surface area contributed by atoms with Gasteiger partial charge in [-0.2, -0.15) is 0 Å². The maximum absolute atomic E-state index is 13.3. The fourth-order valence-electron chi connectivity index (χ4n) is 3.67. The van der Waals surface area contributed by atoms with E-state index in [1.807, 2.05) is 6.07 Å². The average Bonchev–Trinajstić information content (AvgIpc) is 2.80. The van der Waals surface area contributed by atoms with Gasteiger partial charge in [-0.3, -0.25) is 9.78 Å². The van der Waals surface area contributed by atoms with Crippen LogP contribution in [0.4, 0.5) is 0 Å². The number of pyridine rings is 1. The topological polar surface area (TPSA) is 78.9 Å². The van der Waals surface area contributed by atoms with Crippen LogP contribution < -0.4 is 5.32 Å². The van der Waals surface area contributed by atoms with Crippen molar-refractivity contribution in [1.29, 1.82) is 0 Å². The fourth-order valence-corrected chi connectivity index (χ4v) is 8.50. The van der Waals surface area contributed by atoms with E-state index in [9.17, 15) is 4.79 Å². The first-order valence-corrected chi connectivity index (χ1v) is 24.8. The first-order chi connectivity index (χ1) is 18.3. The van der Waals surface area contributed by atoms with E-state index in [0.29, 0.717) is 12.3 Å². The predicted octanol–water partition coefficient (Wildman–Crippen LogP) is 8.14. The number of carbonyl (C=O) groups is 1. The van der Waals surface area contributed by atoms with Crippen molar-refractivity contribution in [2.45, 2.75) is 145 Å². The molecule has 5 atom stereocenters. The lowest BCUT2D eigenvalue weighted by Crippen LogP contribution is -2.67. The van der Waals surface area contributed by atoms with Crippen LogP contribution in [0.5, 0.6) is 0 Å². The lowest BCUT2D eigenvalue weighted by Gasteiger charge is -2.52. The van der Waals surface area contributed by atoms with Crippen LogP contribution in [-0.2, 0) is 18.0 Å². The molecule has 1 aromatic heterocycles. The quantitative estimate of drug-likeness (QED) is 0.157. The number of nitrogens with zero attached hydrogens (tertiary/aromatic N) is 1. The molecule has 0 aliphatic carbocycles. The van der Waals surface area contributed by atoms with E-state index >= 15 is 0 Å². The van der Waals surface area contributed by atoms with Crippen molar-refractivity contribution in [3.8, 4) is 0 Å². The number of rotatable bonds is 9. The number of alkyl halides is 1. The lowest BCUT2D eigenvalue weighted by molar-refractivity contribution is -0.167. The zero-order valence-electron chi connectivity index (χ0n) is 28.3. The Morgan fingerprint density at radius 1 is 0.854 bits per heavy atom. The minimum atomic E-state index is -2.23. The van der Waals surface area contributed by atoms with Gasteiger partial charge in [0.2, 0.25) is 0 Å². The van der Waals surface area contributed by atoms with E-state index in [2.05, 4.69) is 134 Å². The van der Waals surface area contributed by atoms with E-state index < -0.39 is 37.3 Å². The van der Waals surface area contributed by atoms with Gasteiger partial charge in [0.15, 0.2) is 25.0 Å². The van der Waals surface area contributed by atoms with Gasteiger partial charge in [-0.1, -0.05) is 91.0 Å². The van der Waals surface area contributed by atoms with Gasteiger partial charge in [-0.05, 0) is 66.5 Å². The molecule has 0 unspecified atom stereocenters. The smallest absolute Gasteiger partial charge is 0.271 e. The maximum Gasteiger partial charge on any atom is 0.271 e. The number of hydrogen-bond donors (Lipinski definition) is 1. The van der Waals surface area contributed by atoms with Crippen molar-refractivity contribution >= 4 is 53.5 Å². The van der Waals surface area contributed by atoms with Gasteiger partial charge in [-0.25, -0.2) is 0 Å². The van der Waals surface area contributed by atoms with E-state index in [1.54, 1.807) is 18.3 Å². The van der Waals surface area contributed by atoms with Crippen molar-refractivity contribution in [3.05, 3.63) is 30.1 Å². The fraction of sp³-hybridized carbons (Fsp3) is 0.800. The Bertz CT molecular complexity index is 1020. The summed E-state index contributed by atoms with van der Waals surface area (Å²) in [4.78, 5) is 17.5. The summed E-state index contributed by atoms with van der Waals surface area (Å²) in [6.07, 6.45) is 0.00170. The Kier molecular flexibility index (Phi) is 11.8. The molecule has 0 aromatic carbocycles. The normalized spacial score (nSPS) is 25.2. The summed E-state index contributed by atoms with van der Waals surface area (Å²) in [5.74, 6) is -0.267. The third kappa shape index (κ3) is 9.18.